The molecule has 6 N–H and O–H groups in total. The van der Waals surface area contributed by atoms with E-state index in [0.29, 0.717) is 0 Å². The smallest absolute Gasteiger partial charge is 0.364 e. The Morgan fingerprint density at radius 1 is 1.26 bits per heavy atom. The molecule has 23 heavy (non-hydrogen) atoms. The summed E-state index contributed by atoms with van der Waals surface area (Å²) in [6, 6.07) is -2.29. The molecule has 0 unspecified atom stereocenters. The van der Waals surface area contributed by atoms with E-state index < -0.39 is 60.4 Å². The molecule has 10 nitrogen and oxygen atoms in total. The number of aliphatic hydroxyl groups is 3. The minimum Gasteiger partial charge on any atom is -0.477 e. The highest BCUT2D eigenvalue weighted by atomic mass is 16.7. The van der Waals surface area contributed by atoms with E-state index in [1.807, 2.05) is 0 Å². The first-order chi connectivity index (χ1) is 10.5. The second kappa shape index (κ2) is 7.21. The Morgan fingerprint density at radius 2 is 1.83 bits per heavy atom. The van der Waals surface area contributed by atoms with Gasteiger partial charge in [-0.25, -0.2) is 4.79 Å². The third-order valence-corrected chi connectivity index (χ3v) is 3.53. The van der Waals surface area contributed by atoms with Crippen LogP contribution in [-0.2, 0) is 19.1 Å². The van der Waals surface area contributed by atoms with Crippen molar-refractivity contribution in [2.24, 2.45) is 0 Å². The lowest BCUT2D eigenvalue weighted by Crippen LogP contribution is -2.69. The molecule has 6 atom stereocenters. The van der Waals surface area contributed by atoms with Crippen LogP contribution in [0.2, 0.25) is 0 Å². The van der Waals surface area contributed by atoms with Crippen LogP contribution in [0.4, 0.5) is 0 Å². The summed E-state index contributed by atoms with van der Waals surface area (Å²) in [5.41, 5.74) is 0. The molecule has 0 saturated carbocycles. The van der Waals surface area contributed by atoms with Crippen molar-refractivity contribution in [3.05, 3.63) is 0 Å². The maximum absolute atomic E-state index is 11.3. The summed E-state index contributed by atoms with van der Waals surface area (Å²) in [6.45, 7) is 3.67. The number of ether oxygens (including phenoxy) is 1. The van der Waals surface area contributed by atoms with Crippen LogP contribution in [0.15, 0.2) is 0 Å². The van der Waals surface area contributed by atoms with E-state index in [-0.39, 0.29) is 0 Å². The van der Waals surface area contributed by atoms with Crippen LogP contribution in [-0.4, -0.2) is 74.4 Å². The summed E-state index contributed by atoms with van der Waals surface area (Å²) >= 11 is 0. The standard InChI is InChI=1S/C13H22N2O8/c1-5(16)9(14-6(2)17)11-10(15-7(3)18)8(19)4-13(22,23-11)12(20)21/h5,8-11,16,19,22H,4H2,1-3H3,(H,14,17)(H,15,18)(H,20,21)/t5-,8-,9-,10-,11+,13+/m1/s1. The molecule has 1 aliphatic heterocycles. The highest BCUT2D eigenvalue weighted by Gasteiger charge is 2.53. The molecule has 132 valence electrons. The number of amides is 2. The number of hydrogen-bond acceptors (Lipinski definition) is 7. The Kier molecular flexibility index (Phi) is 6.05. The number of rotatable bonds is 5. The number of carbonyl (C=O) groups excluding carboxylic acids is 2. The van der Waals surface area contributed by atoms with Gasteiger partial charge in [0, 0.05) is 20.3 Å². The molecule has 2 amide bonds. The van der Waals surface area contributed by atoms with Crippen molar-refractivity contribution in [2.75, 3.05) is 0 Å². The molecule has 1 aliphatic rings. The second-order valence-electron chi connectivity index (χ2n) is 5.64. The van der Waals surface area contributed by atoms with Gasteiger partial charge < -0.3 is 35.8 Å². The molecule has 0 bridgehead atoms. The molecular formula is C13H22N2O8. The Hall–Kier alpha value is -1.75. The monoisotopic (exact) mass is 334 g/mol. The van der Waals surface area contributed by atoms with E-state index in [1.165, 1.54) is 20.8 Å². The first kappa shape index (κ1) is 19.3. The van der Waals surface area contributed by atoms with E-state index in [2.05, 4.69) is 10.6 Å². The topological polar surface area (TPSA) is 165 Å². The van der Waals surface area contributed by atoms with Gasteiger partial charge in [0.05, 0.1) is 24.3 Å². The van der Waals surface area contributed by atoms with Gasteiger partial charge in [0.2, 0.25) is 11.8 Å². The summed E-state index contributed by atoms with van der Waals surface area (Å²) in [4.78, 5) is 33.8. The number of carboxylic acid groups (broad SMARTS) is 1. The van der Waals surface area contributed by atoms with Crippen molar-refractivity contribution in [1.29, 1.82) is 0 Å². The van der Waals surface area contributed by atoms with E-state index >= 15 is 0 Å². The number of carbonyl (C=O) groups is 3. The number of aliphatic hydroxyl groups excluding tert-OH is 2. The van der Waals surface area contributed by atoms with Gasteiger partial charge in [-0.05, 0) is 6.92 Å². The predicted molar refractivity (Wildman–Crippen MR) is 75.0 cm³/mol. The quantitative estimate of drug-likeness (QED) is 0.316. The van der Waals surface area contributed by atoms with Gasteiger partial charge >= 0.3 is 5.97 Å². The van der Waals surface area contributed by atoms with Crippen LogP contribution >= 0.6 is 0 Å². The zero-order chi connectivity index (χ0) is 17.9. The van der Waals surface area contributed by atoms with Crippen molar-refractivity contribution >= 4 is 17.8 Å². The van der Waals surface area contributed by atoms with Crippen LogP contribution in [0.1, 0.15) is 27.2 Å². The molecule has 0 aromatic heterocycles. The van der Waals surface area contributed by atoms with Gasteiger partial charge in [0.25, 0.3) is 5.79 Å². The molecule has 1 rings (SSSR count). The maximum Gasteiger partial charge on any atom is 0.364 e. The fraction of sp³-hybridized carbons (Fsp3) is 0.769. The SMILES string of the molecule is CC(=O)N[C@H]1[C@H]([C@H](NC(C)=O)[C@@H](C)O)O[C@](O)(C(=O)O)C[C@H]1O. The minimum absolute atomic E-state index is 0.532. The largest absolute Gasteiger partial charge is 0.477 e. The fourth-order valence-electron chi connectivity index (χ4n) is 2.54. The van der Waals surface area contributed by atoms with Crippen LogP contribution in [0.25, 0.3) is 0 Å². The lowest BCUT2D eigenvalue weighted by Gasteiger charge is -2.45. The molecule has 0 radical (unpaired) electrons. The molecule has 1 heterocycles. The van der Waals surface area contributed by atoms with Crippen LogP contribution in [0.5, 0.6) is 0 Å². The lowest BCUT2D eigenvalue weighted by molar-refractivity contribution is -0.283. The van der Waals surface area contributed by atoms with Crippen LogP contribution < -0.4 is 10.6 Å². The van der Waals surface area contributed by atoms with Crippen LogP contribution in [0, 0.1) is 0 Å². The van der Waals surface area contributed by atoms with Crippen molar-refractivity contribution in [1.82, 2.24) is 10.6 Å². The molecular weight excluding hydrogens is 312 g/mol. The Labute approximate surface area is 132 Å². The maximum atomic E-state index is 11.3. The van der Waals surface area contributed by atoms with Gasteiger partial charge in [-0.3, -0.25) is 9.59 Å². The third kappa shape index (κ3) is 4.61. The molecule has 0 aliphatic carbocycles. The average Bonchev–Trinajstić information content (AvgIpc) is 2.38. The third-order valence-electron chi connectivity index (χ3n) is 3.53. The minimum atomic E-state index is -2.70. The molecule has 1 saturated heterocycles. The van der Waals surface area contributed by atoms with E-state index in [1.54, 1.807) is 0 Å². The lowest BCUT2D eigenvalue weighted by atomic mass is 9.87. The molecule has 10 heteroatoms. The van der Waals surface area contributed by atoms with Crippen molar-refractivity contribution in [3.8, 4) is 0 Å². The Morgan fingerprint density at radius 3 is 2.22 bits per heavy atom. The van der Waals surface area contributed by atoms with Crippen molar-refractivity contribution in [3.63, 3.8) is 0 Å². The molecule has 0 aromatic carbocycles. The summed E-state index contributed by atoms with van der Waals surface area (Å²) < 4.78 is 5.15. The number of hydrogen-bond donors (Lipinski definition) is 6. The van der Waals surface area contributed by atoms with Gasteiger partial charge in [0.15, 0.2) is 0 Å². The summed E-state index contributed by atoms with van der Waals surface area (Å²) in [7, 11) is 0. The van der Waals surface area contributed by atoms with Gasteiger partial charge in [-0.1, -0.05) is 0 Å². The fourth-order valence-corrected chi connectivity index (χ4v) is 2.54. The first-order valence-electron chi connectivity index (χ1n) is 7.02. The number of aliphatic carboxylic acids is 1. The van der Waals surface area contributed by atoms with E-state index in [0.717, 1.165) is 0 Å². The normalized spacial score (nSPS) is 33.4. The van der Waals surface area contributed by atoms with Gasteiger partial charge in [-0.2, -0.15) is 0 Å². The second-order valence-corrected chi connectivity index (χ2v) is 5.64. The van der Waals surface area contributed by atoms with E-state index in [9.17, 15) is 29.7 Å². The predicted octanol–water partition coefficient (Wildman–Crippen LogP) is -2.70. The van der Waals surface area contributed by atoms with Gasteiger partial charge in [0.1, 0.15) is 6.10 Å². The highest BCUT2D eigenvalue weighted by molar-refractivity contribution is 5.76. The zero-order valence-corrected chi connectivity index (χ0v) is 13.0. The highest BCUT2D eigenvalue weighted by Crippen LogP contribution is 2.30. The summed E-state index contributed by atoms with van der Waals surface area (Å²) in [5.74, 6) is -5.50. The van der Waals surface area contributed by atoms with Crippen molar-refractivity contribution in [2.45, 2.75) is 63.4 Å². The molecule has 0 spiro atoms. The first-order valence-corrected chi connectivity index (χ1v) is 7.02. The molecule has 0 aromatic rings. The van der Waals surface area contributed by atoms with E-state index in [4.69, 9.17) is 9.84 Å². The summed E-state index contributed by atoms with van der Waals surface area (Å²) in [5, 5.41) is 43.8. The molecule has 1 fully saturated rings. The Balaban J connectivity index is 3.21. The van der Waals surface area contributed by atoms with Gasteiger partial charge in [-0.15, -0.1) is 0 Å². The number of carboxylic acids is 1. The average molecular weight is 334 g/mol. The number of nitrogens with one attached hydrogen (secondary N) is 2. The summed E-state index contributed by atoms with van der Waals surface area (Å²) in [6.07, 6.45) is -4.72. The zero-order valence-electron chi connectivity index (χ0n) is 13.0. The van der Waals surface area contributed by atoms with Crippen molar-refractivity contribution < 1.29 is 39.5 Å². The Bertz CT molecular complexity index is 465. The van der Waals surface area contributed by atoms with Crippen LogP contribution in [0.3, 0.4) is 0 Å².